The number of carboxylic acids is 1. The molecule has 3 unspecified atom stereocenters. The molecule has 2 rings (SSSR count). The van der Waals surface area contributed by atoms with Gasteiger partial charge in [-0.2, -0.15) is 0 Å². The summed E-state index contributed by atoms with van der Waals surface area (Å²) in [4.78, 5) is 23.8. The quantitative estimate of drug-likeness (QED) is 0.875. The predicted octanol–water partition coefficient (Wildman–Crippen LogP) is 3.00. The van der Waals surface area contributed by atoms with Crippen molar-refractivity contribution in [3.05, 3.63) is 35.9 Å². The van der Waals surface area contributed by atoms with E-state index in [2.05, 4.69) is 12.2 Å². The van der Waals surface area contributed by atoms with Crippen molar-refractivity contribution < 1.29 is 14.7 Å². The Morgan fingerprint density at radius 1 is 1.24 bits per heavy atom. The van der Waals surface area contributed by atoms with Gasteiger partial charge >= 0.3 is 5.97 Å². The molecule has 1 aliphatic rings. The van der Waals surface area contributed by atoms with Crippen LogP contribution in [0.2, 0.25) is 0 Å². The second-order valence-electron chi connectivity index (χ2n) is 5.94. The third-order valence-electron chi connectivity index (χ3n) is 4.55. The van der Waals surface area contributed by atoms with E-state index >= 15 is 0 Å². The van der Waals surface area contributed by atoms with E-state index in [4.69, 9.17) is 0 Å². The van der Waals surface area contributed by atoms with Gasteiger partial charge in [-0.15, -0.1) is 0 Å². The summed E-state index contributed by atoms with van der Waals surface area (Å²) >= 11 is 0. The first kappa shape index (κ1) is 15.5. The summed E-state index contributed by atoms with van der Waals surface area (Å²) in [5.41, 5.74) is 1.03. The number of nitrogens with one attached hydrogen (secondary N) is 1. The van der Waals surface area contributed by atoms with Crippen LogP contribution in [0.25, 0.3) is 0 Å². The highest BCUT2D eigenvalue weighted by atomic mass is 16.4. The van der Waals surface area contributed by atoms with Gasteiger partial charge in [-0.05, 0) is 31.2 Å². The van der Waals surface area contributed by atoms with Crippen LogP contribution in [0.1, 0.15) is 44.7 Å². The number of carbonyl (C=O) groups is 2. The second kappa shape index (κ2) is 6.74. The van der Waals surface area contributed by atoms with Gasteiger partial charge in [0.2, 0.25) is 5.91 Å². The third-order valence-corrected chi connectivity index (χ3v) is 4.55. The topological polar surface area (TPSA) is 66.4 Å². The molecule has 21 heavy (non-hydrogen) atoms. The van der Waals surface area contributed by atoms with Crippen LogP contribution in [-0.4, -0.2) is 17.0 Å². The molecule has 1 fully saturated rings. The maximum absolute atomic E-state index is 12.4. The van der Waals surface area contributed by atoms with Crippen LogP contribution >= 0.6 is 0 Å². The van der Waals surface area contributed by atoms with Gasteiger partial charge < -0.3 is 10.4 Å². The number of aliphatic carboxylic acids is 1. The van der Waals surface area contributed by atoms with Crippen LogP contribution in [0.5, 0.6) is 0 Å². The highest BCUT2D eigenvalue weighted by Crippen LogP contribution is 2.38. The fraction of sp³-hybridized carbons (Fsp3) is 0.529. The van der Waals surface area contributed by atoms with Crippen molar-refractivity contribution in [2.24, 2.45) is 17.8 Å². The molecular formula is C17H23NO3. The molecule has 2 N–H and O–H groups in total. The summed E-state index contributed by atoms with van der Waals surface area (Å²) in [5.74, 6) is -1.58. The highest BCUT2D eigenvalue weighted by Gasteiger charge is 2.42. The Hall–Kier alpha value is -1.84. The van der Waals surface area contributed by atoms with Gasteiger partial charge in [0.25, 0.3) is 0 Å². The fourth-order valence-electron chi connectivity index (χ4n) is 3.18. The molecule has 1 saturated carbocycles. The van der Waals surface area contributed by atoms with Crippen LogP contribution in [0.3, 0.4) is 0 Å². The second-order valence-corrected chi connectivity index (χ2v) is 5.94. The summed E-state index contributed by atoms with van der Waals surface area (Å²) in [6.07, 6.45) is 2.23. The van der Waals surface area contributed by atoms with Crippen LogP contribution < -0.4 is 5.32 Å². The van der Waals surface area contributed by atoms with Gasteiger partial charge in [-0.1, -0.05) is 43.7 Å². The molecule has 1 aromatic rings. The first-order chi connectivity index (χ1) is 10.0. The summed E-state index contributed by atoms with van der Waals surface area (Å²) in [7, 11) is 0. The third kappa shape index (κ3) is 3.63. The Morgan fingerprint density at radius 2 is 1.86 bits per heavy atom. The fourth-order valence-corrected chi connectivity index (χ4v) is 3.18. The standard InChI is InChI=1S/C17H23NO3/c1-3-12-9-14(15(10-12)17(20)21)16(19)18-11(2)13-7-5-4-6-8-13/h4-8,11-12,14-15H,3,9-10H2,1-2H3,(H,18,19)(H,20,21)/t11-,12?,14?,15?/m0/s1. The van der Waals surface area contributed by atoms with Crippen molar-refractivity contribution >= 4 is 11.9 Å². The van der Waals surface area contributed by atoms with Crippen LogP contribution in [0.4, 0.5) is 0 Å². The van der Waals surface area contributed by atoms with Gasteiger partial charge in [-0.25, -0.2) is 0 Å². The molecule has 0 aromatic heterocycles. The molecule has 0 saturated heterocycles. The van der Waals surface area contributed by atoms with Crippen molar-refractivity contribution in [1.82, 2.24) is 5.32 Å². The lowest BCUT2D eigenvalue weighted by molar-refractivity contribution is -0.146. The van der Waals surface area contributed by atoms with Crippen LogP contribution in [0.15, 0.2) is 30.3 Å². The average molecular weight is 289 g/mol. The molecule has 1 amide bonds. The van der Waals surface area contributed by atoms with Crippen LogP contribution in [0, 0.1) is 17.8 Å². The van der Waals surface area contributed by atoms with Crippen molar-refractivity contribution in [2.45, 2.75) is 39.2 Å². The molecule has 114 valence electrons. The predicted molar refractivity (Wildman–Crippen MR) is 80.6 cm³/mol. The molecule has 1 aromatic carbocycles. The molecule has 1 aliphatic carbocycles. The van der Waals surface area contributed by atoms with E-state index in [1.165, 1.54) is 0 Å². The summed E-state index contributed by atoms with van der Waals surface area (Å²) in [6, 6.07) is 9.61. The lowest BCUT2D eigenvalue weighted by atomic mass is 9.94. The molecule has 0 bridgehead atoms. The monoisotopic (exact) mass is 289 g/mol. The molecular weight excluding hydrogens is 266 g/mol. The van der Waals surface area contributed by atoms with Crippen molar-refractivity contribution in [3.8, 4) is 0 Å². The van der Waals surface area contributed by atoms with E-state index in [0.29, 0.717) is 18.8 Å². The Kier molecular flexibility index (Phi) is 4.99. The number of amides is 1. The lowest BCUT2D eigenvalue weighted by Gasteiger charge is -2.20. The Bertz CT molecular complexity index is 500. The minimum Gasteiger partial charge on any atom is -0.481 e. The normalized spacial score (nSPS) is 26.3. The lowest BCUT2D eigenvalue weighted by Crippen LogP contribution is -2.36. The van der Waals surface area contributed by atoms with Gasteiger partial charge in [0.05, 0.1) is 17.9 Å². The first-order valence-electron chi connectivity index (χ1n) is 7.61. The van der Waals surface area contributed by atoms with Gasteiger partial charge in [0, 0.05) is 0 Å². The van der Waals surface area contributed by atoms with E-state index in [0.717, 1.165) is 12.0 Å². The number of hydrogen-bond acceptors (Lipinski definition) is 2. The van der Waals surface area contributed by atoms with E-state index in [9.17, 15) is 14.7 Å². The van der Waals surface area contributed by atoms with E-state index in [-0.39, 0.29) is 11.9 Å². The maximum atomic E-state index is 12.4. The highest BCUT2D eigenvalue weighted by molar-refractivity contribution is 5.85. The summed E-state index contributed by atoms with van der Waals surface area (Å²) in [5, 5.41) is 12.3. The number of benzene rings is 1. The summed E-state index contributed by atoms with van der Waals surface area (Å²) < 4.78 is 0. The van der Waals surface area contributed by atoms with E-state index in [1.807, 2.05) is 37.3 Å². The smallest absolute Gasteiger partial charge is 0.307 e. The number of rotatable bonds is 5. The van der Waals surface area contributed by atoms with Gasteiger partial charge in [0.15, 0.2) is 0 Å². The Balaban J connectivity index is 2.03. The molecule has 4 nitrogen and oxygen atoms in total. The molecule has 4 heteroatoms. The molecule has 0 aliphatic heterocycles. The molecule has 0 radical (unpaired) electrons. The van der Waals surface area contributed by atoms with E-state index in [1.54, 1.807) is 0 Å². The summed E-state index contributed by atoms with van der Waals surface area (Å²) in [6.45, 7) is 3.98. The zero-order chi connectivity index (χ0) is 15.4. The van der Waals surface area contributed by atoms with Crippen LogP contribution in [-0.2, 0) is 9.59 Å². The van der Waals surface area contributed by atoms with Crippen molar-refractivity contribution in [1.29, 1.82) is 0 Å². The maximum Gasteiger partial charge on any atom is 0.307 e. The SMILES string of the molecule is CCC1CC(C(=O)O)C(C(=O)N[C@@H](C)c2ccccc2)C1. The van der Waals surface area contributed by atoms with Gasteiger partial charge in [0.1, 0.15) is 0 Å². The minimum atomic E-state index is -0.849. The Morgan fingerprint density at radius 3 is 2.43 bits per heavy atom. The number of carbonyl (C=O) groups excluding carboxylic acids is 1. The Labute approximate surface area is 125 Å². The van der Waals surface area contributed by atoms with Gasteiger partial charge in [-0.3, -0.25) is 9.59 Å². The molecule has 0 heterocycles. The first-order valence-corrected chi connectivity index (χ1v) is 7.61. The average Bonchev–Trinajstić information content (AvgIpc) is 2.92. The zero-order valence-corrected chi connectivity index (χ0v) is 12.6. The molecule has 4 atom stereocenters. The minimum absolute atomic E-state index is 0.103. The van der Waals surface area contributed by atoms with Crippen molar-refractivity contribution in [3.63, 3.8) is 0 Å². The van der Waals surface area contributed by atoms with E-state index < -0.39 is 17.8 Å². The molecule has 0 spiro atoms. The largest absolute Gasteiger partial charge is 0.481 e. The zero-order valence-electron chi connectivity index (χ0n) is 12.6. The number of carboxylic acid groups (broad SMARTS) is 1. The number of hydrogen-bond donors (Lipinski definition) is 2. The van der Waals surface area contributed by atoms with Crippen molar-refractivity contribution in [2.75, 3.05) is 0 Å².